The molecule has 0 spiro atoms. The lowest BCUT2D eigenvalue weighted by Gasteiger charge is -2.34. The first-order chi connectivity index (χ1) is 10.9. The third-order valence-electron chi connectivity index (χ3n) is 4.49. The quantitative estimate of drug-likeness (QED) is 0.838. The van der Waals surface area contributed by atoms with Gasteiger partial charge in [0.2, 0.25) is 5.91 Å². The molecule has 0 unspecified atom stereocenters. The van der Waals surface area contributed by atoms with Crippen LogP contribution in [-0.2, 0) is 14.6 Å². The third-order valence-corrected chi connectivity index (χ3v) is 5.65. The molecule has 0 aromatic heterocycles. The maximum atomic E-state index is 12.8. The monoisotopic (exact) mass is 336 g/mol. The van der Waals surface area contributed by atoms with Gasteiger partial charge in [0, 0.05) is 25.3 Å². The highest BCUT2D eigenvalue weighted by molar-refractivity contribution is 7.90. The van der Waals surface area contributed by atoms with E-state index in [2.05, 4.69) is 0 Å². The number of carbonyl (C=O) groups is 2. The fraction of sp³-hybridized carbons (Fsp3) is 0.500. The second-order valence-electron chi connectivity index (χ2n) is 6.14. The van der Waals surface area contributed by atoms with Gasteiger partial charge in [-0.1, -0.05) is 18.6 Å². The predicted octanol–water partition coefficient (Wildman–Crippen LogP) is 1.48. The summed E-state index contributed by atoms with van der Waals surface area (Å²) in [4.78, 5) is 25.3. The molecule has 1 aliphatic heterocycles. The van der Waals surface area contributed by atoms with Gasteiger partial charge in [-0.15, -0.1) is 0 Å². The Morgan fingerprint density at radius 1 is 1.04 bits per heavy atom. The zero-order chi connectivity index (χ0) is 16.6. The summed E-state index contributed by atoms with van der Waals surface area (Å²) in [7, 11) is -3.51. The van der Waals surface area contributed by atoms with Crippen molar-refractivity contribution in [2.75, 3.05) is 19.3 Å². The minimum absolute atomic E-state index is 0.00735. The van der Waals surface area contributed by atoms with E-state index >= 15 is 0 Å². The van der Waals surface area contributed by atoms with Crippen molar-refractivity contribution >= 4 is 21.7 Å². The molecule has 6 nitrogen and oxygen atoms in total. The summed E-state index contributed by atoms with van der Waals surface area (Å²) in [5.74, 6) is -0.427. The highest BCUT2D eigenvalue weighted by atomic mass is 32.2. The molecule has 1 aromatic carbocycles. The largest absolute Gasteiger partial charge is 0.273 e. The van der Waals surface area contributed by atoms with E-state index in [1.807, 2.05) is 0 Å². The molecule has 2 amide bonds. The van der Waals surface area contributed by atoms with E-state index in [0.717, 1.165) is 25.5 Å². The Morgan fingerprint density at radius 3 is 2.30 bits per heavy atom. The molecule has 1 aromatic rings. The number of amides is 2. The van der Waals surface area contributed by atoms with Crippen LogP contribution in [0.1, 0.15) is 36.0 Å². The van der Waals surface area contributed by atoms with Crippen LogP contribution in [0.25, 0.3) is 0 Å². The van der Waals surface area contributed by atoms with Gasteiger partial charge in [-0.25, -0.2) is 13.4 Å². The number of hydrogen-bond acceptors (Lipinski definition) is 4. The lowest BCUT2D eigenvalue weighted by atomic mass is 9.84. The van der Waals surface area contributed by atoms with E-state index in [1.54, 1.807) is 12.1 Å². The van der Waals surface area contributed by atoms with Gasteiger partial charge < -0.3 is 0 Å². The van der Waals surface area contributed by atoms with Crippen LogP contribution in [0.4, 0.5) is 0 Å². The average molecular weight is 336 g/mol. The molecule has 0 atom stereocenters. The Morgan fingerprint density at radius 2 is 1.70 bits per heavy atom. The van der Waals surface area contributed by atoms with Crippen LogP contribution in [0.2, 0.25) is 0 Å². The minimum Gasteiger partial charge on any atom is -0.273 e. The van der Waals surface area contributed by atoms with Crippen LogP contribution in [0.5, 0.6) is 0 Å². The van der Waals surface area contributed by atoms with Gasteiger partial charge >= 0.3 is 0 Å². The number of rotatable bonds is 3. The van der Waals surface area contributed by atoms with Crippen molar-refractivity contribution in [1.82, 2.24) is 10.0 Å². The minimum atomic E-state index is -3.51. The van der Waals surface area contributed by atoms with Crippen molar-refractivity contribution in [1.29, 1.82) is 0 Å². The van der Waals surface area contributed by atoms with Gasteiger partial charge in [-0.05, 0) is 31.4 Å². The average Bonchev–Trinajstić information content (AvgIpc) is 2.93. The van der Waals surface area contributed by atoms with E-state index in [9.17, 15) is 18.0 Å². The fourth-order valence-electron chi connectivity index (χ4n) is 3.02. The van der Waals surface area contributed by atoms with Gasteiger partial charge in [-0.3, -0.25) is 14.6 Å². The summed E-state index contributed by atoms with van der Waals surface area (Å²) >= 11 is 0. The molecular formula is C16H20N2O4S. The molecule has 0 bridgehead atoms. The molecule has 3 rings (SSSR count). The van der Waals surface area contributed by atoms with E-state index < -0.39 is 15.7 Å². The second kappa shape index (κ2) is 5.96. The van der Waals surface area contributed by atoms with Crippen molar-refractivity contribution in [3.8, 4) is 0 Å². The summed E-state index contributed by atoms with van der Waals surface area (Å²) in [6.07, 6.45) is 4.59. The van der Waals surface area contributed by atoms with Crippen molar-refractivity contribution in [2.45, 2.75) is 30.6 Å². The van der Waals surface area contributed by atoms with Crippen LogP contribution in [0.3, 0.4) is 0 Å². The van der Waals surface area contributed by atoms with Gasteiger partial charge in [0.05, 0.1) is 10.5 Å². The fourth-order valence-corrected chi connectivity index (χ4v) is 3.90. The van der Waals surface area contributed by atoms with Gasteiger partial charge in [0.15, 0.2) is 9.84 Å². The molecule has 1 heterocycles. The molecule has 1 saturated heterocycles. The molecular weight excluding hydrogens is 316 g/mol. The summed E-state index contributed by atoms with van der Waals surface area (Å²) < 4.78 is 23.8. The molecule has 7 heteroatoms. The molecule has 23 heavy (non-hydrogen) atoms. The Bertz CT molecular complexity index is 740. The first kappa shape index (κ1) is 16.0. The lowest BCUT2D eigenvalue weighted by Crippen LogP contribution is -2.48. The normalized spacial score (nSPS) is 18.8. The Kier molecular flexibility index (Phi) is 4.14. The van der Waals surface area contributed by atoms with Gasteiger partial charge in [-0.2, -0.15) is 0 Å². The number of sulfone groups is 1. The maximum absolute atomic E-state index is 12.8. The number of carbonyl (C=O) groups excluding carboxylic acids is 2. The number of hydrogen-bond donors (Lipinski definition) is 0. The lowest BCUT2D eigenvalue weighted by molar-refractivity contribution is -0.147. The van der Waals surface area contributed by atoms with Crippen LogP contribution >= 0.6 is 0 Å². The van der Waals surface area contributed by atoms with Crippen molar-refractivity contribution in [2.24, 2.45) is 5.92 Å². The van der Waals surface area contributed by atoms with Crippen LogP contribution in [0.15, 0.2) is 29.2 Å². The van der Waals surface area contributed by atoms with Crippen molar-refractivity contribution in [3.05, 3.63) is 29.8 Å². The summed E-state index contributed by atoms with van der Waals surface area (Å²) in [6, 6.07) is 6.16. The Hall–Kier alpha value is -1.89. The Balaban J connectivity index is 1.89. The molecule has 0 N–H and O–H groups in total. The van der Waals surface area contributed by atoms with E-state index in [-0.39, 0.29) is 22.3 Å². The highest BCUT2D eigenvalue weighted by Crippen LogP contribution is 2.30. The van der Waals surface area contributed by atoms with E-state index in [0.29, 0.717) is 19.5 Å². The SMILES string of the molecule is CS(=O)(=O)c1ccccc1C(=O)N1CCCN1C(=O)C1CCC1. The van der Waals surface area contributed by atoms with Crippen LogP contribution in [-0.4, -0.2) is 49.6 Å². The second-order valence-corrected chi connectivity index (χ2v) is 8.12. The number of nitrogens with zero attached hydrogens (tertiary/aromatic N) is 2. The van der Waals surface area contributed by atoms with E-state index in [1.165, 1.54) is 22.2 Å². The van der Waals surface area contributed by atoms with Crippen LogP contribution < -0.4 is 0 Å². The van der Waals surface area contributed by atoms with Crippen LogP contribution in [0, 0.1) is 5.92 Å². The first-order valence-electron chi connectivity index (χ1n) is 7.82. The molecule has 124 valence electrons. The Labute approximate surface area is 136 Å². The van der Waals surface area contributed by atoms with Gasteiger partial charge in [0.1, 0.15) is 0 Å². The van der Waals surface area contributed by atoms with E-state index in [4.69, 9.17) is 0 Å². The standard InChI is InChI=1S/C16H20N2O4S/c1-23(21,22)14-9-3-2-8-13(14)16(20)18-11-5-10-17(18)15(19)12-6-4-7-12/h2-3,8-9,12H,4-7,10-11H2,1H3. The predicted molar refractivity (Wildman–Crippen MR) is 84.3 cm³/mol. The molecule has 2 fully saturated rings. The number of benzene rings is 1. The smallest absolute Gasteiger partial charge is 0.273 e. The maximum Gasteiger partial charge on any atom is 0.273 e. The summed E-state index contributed by atoms with van der Waals surface area (Å²) in [5, 5.41) is 2.91. The first-order valence-corrected chi connectivity index (χ1v) is 9.71. The van der Waals surface area contributed by atoms with Crippen molar-refractivity contribution in [3.63, 3.8) is 0 Å². The summed E-state index contributed by atoms with van der Waals surface area (Å²) in [5.41, 5.74) is 0.128. The zero-order valence-corrected chi connectivity index (χ0v) is 13.9. The molecule has 0 radical (unpaired) electrons. The summed E-state index contributed by atoms with van der Waals surface area (Å²) in [6.45, 7) is 0.956. The molecule has 1 saturated carbocycles. The number of hydrazine groups is 1. The topological polar surface area (TPSA) is 74.8 Å². The van der Waals surface area contributed by atoms with Gasteiger partial charge in [0.25, 0.3) is 5.91 Å². The molecule has 2 aliphatic rings. The highest BCUT2D eigenvalue weighted by Gasteiger charge is 2.37. The zero-order valence-electron chi connectivity index (χ0n) is 13.1. The molecule has 1 aliphatic carbocycles. The van der Waals surface area contributed by atoms with Crippen molar-refractivity contribution < 1.29 is 18.0 Å². The third kappa shape index (κ3) is 2.97.